The van der Waals surface area contributed by atoms with E-state index in [2.05, 4.69) is 5.32 Å². The first-order valence-corrected chi connectivity index (χ1v) is 8.91. The van der Waals surface area contributed by atoms with Gasteiger partial charge in [0.1, 0.15) is 0 Å². The summed E-state index contributed by atoms with van der Waals surface area (Å²) < 4.78 is 63.8. The van der Waals surface area contributed by atoms with Crippen LogP contribution in [0.4, 0.5) is 13.2 Å². The summed E-state index contributed by atoms with van der Waals surface area (Å²) in [6.45, 7) is 2.26. The Balaban J connectivity index is 2.63. The fourth-order valence-electron chi connectivity index (χ4n) is 1.77. The number of nitrogens with one attached hydrogen (secondary N) is 2. The molecule has 11 heteroatoms. The van der Waals surface area contributed by atoms with E-state index >= 15 is 0 Å². The highest BCUT2D eigenvalue weighted by atomic mass is 32.2. The molecular weight excluding hydrogens is 377 g/mol. The second kappa shape index (κ2) is 8.04. The van der Waals surface area contributed by atoms with Crippen LogP contribution in [-0.4, -0.2) is 38.5 Å². The molecule has 0 saturated heterocycles. The first-order valence-electron chi connectivity index (χ1n) is 7.43. The van der Waals surface area contributed by atoms with Crippen LogP contribution in [0.1, 0.15) is 25.8 Å². The van der Waals surface area contributed by atoms with Gasteiger partial charge in [-0.2, -0.15) is 13.2 Å². The molecule has 1 aromatic carbocycles. The molecular formula is C15H19F3N2O5S. The third-order valence-corrected chi connectivity index (χ3v) is 4.94. The molecule has 0 fully saturated rings. The number of hydrogen-bond donors (Lipinski definition) is 3. The number of alkyl halides is 3. The van der Waals surface area contributed by atoms with Crippen molar-refractivity contribution in [2.45, 2.75) is 31.3 Å². The Bertz CT molecular complexity index is 776. The van der Waals surface area contributed by atoms with E-state index in [1.807, 2.05) is 4.72 Å². The third-order valence-electron chi connectivity index (χ3n) is 3.55. The number of rotatable bonds is 8. The number of carboxylic acid groups (broad SMARTS) is 1. The molecule has 26 heavy (non-hydrogen) atoms. The van der Waals surface area contributed by atoms with Gasteiger partial charge < -0.3 is 10.4 Å². The van der Waals surface area contributed by atoms with Crippen molar-refractivity contribution in [3.8, 4) is 0 Å². The Labute approximate surface area is 148 Å². The highest BCUT2D eigenvalue weighted by molar-refractivity contribution is 7.89. The summed E-state index contributed by atoms with van der Waals surface area (Å²) >= 11 is 0. The standard InChI is InChI=1S/C15H19F3N2O5S/c1-14(2,13(22)23)6-7-19-12(21)9-20-26(24,25)11-5-3-4-10(8-11)15(16,17)18/h3-5,8,20H,6-7,9H2,1-2H3,(H,19,21)(H,22,23). The summed E-state index contributed by atoms with van der Waals surface area (Å²) in [5.74, 6) is -1.78. The van der Waals surface area contributed by atoms with Gasteiger partial charge in [-0.1, -0.05) is 6.07 Å². The van der Waals surface area contributed by atoms with Crippen LogP contribution in [-0.2, 0) is 25.8 Å². The average molecular weight is 396 g/mol. The number of benzene rings is 1. The summed E-state index contributed by atoms with van der Waals surface area (Å²) in [7, 11) is -4.31. The van der Waals surface area contributed by atoms with E-state index in [0.717, 1.165) is 18.2 Å². The number of carbonyl (C=O) groups is 2. The van der Waals surface area contributed by atoms with Crippen molar-refractivity contribution in [1.82, 2.24) is 10.0 Å². The second-order valence-corrected chi connectivity index (χ2v) is 7.91. The molecule has 0 aliphatic carbocycles. The Morgan fingerprint density at radius 3 is 2.35 bits per heavy atom. The van der Waals surface area contributed by atoms with Gasteiger partial charge in [-0.25, -0.2) is 13.1 Å². The number of amides is 1. The fraction of sp³-hybridized carbons (Fsp3) is 0.467. The maximum absolute atomic E-state index is 12.6. The van der Waals surface area contributed by atoms with Gasteiger partial charge >= 0.3 is 12.1 Å². The van der Waals surface area contributed by atoms with Gasteiger partial charge in [-0.15, -0.1) is 0 Å². The molecule has 0 aliphatic rings. The van der Waals surface area contributed by atoms with Crippen LogP contribution in [0.3, 0.4) is 0 Å². The molecule has 0 aromatic heterocycles. The maximum atomic E-state index is 12.6. The number of carbonyl (C=O) groups excluding carboxylic acids is 1. The highest BCUT2D eigenvalue weighted by Gasteiger charge is 2.31. The van der Waals surface area contributed by atoms with Crippen LogP contribution in [0.5, 0.6) is 0 Å². The molecule has 0 saturated carbocycles. The van der Waals surface area contributed by atoms with E-state index in [1.165, 1.54) is 13.8 Å². The topological polar surface area (TPSA) is 113 Å². The lowest BCUT2D eigenvalue weighted by Crippen LogP contribution is -2.39. The quantitative estimate of drug-likeness (QED) is 0.618. The van der Waals surface area contributed by atoms with E-state index in [1.54, 1.807) is 0 Å². The van der Waals surface area contributed by atoms with E-state index in [0.29, 0.717) is 6.07 Å². The van der Waals surface area contributed by atoms with Gasteiger partial charge in [-0.3, -0.25) is 9.59 Å². The van der Waals surface area contributed by atoms with Crippen molar-refractivity contribution in [1.29, 1.82) is 0 Å². The van der Waals surface area contributed by atoms with Gasteiger partial charge in [0.25, 0.3) is 0 Å². The molecule has 146 valence electrons. The number of sulfonamides is 1. The molecule has 0 heterocycles. The molecule has 1 amide bonds. The van der Waals surface area contributed by atoms with Crippen LogP contribution < -0.4 is 10.0 Å². The lowest BCUT2D eigenvalue weighted by Gasteiger charge is -2.18. The van der Waals surface area contributed by atoms with Crippen LogP contribution in [0.15, 0.2) is 29.2 Å². The van der Waals surface area contributed by atoms with E-state index in [-0.39, 0.29) is 13.0 Å². The minimum Gasteiger partial charge on any atom is -0.481 e. The van der Waals surface area contributed by atoms with E-state index in [9.17, 15) is 31.2 Å². The average Bonchev–Trinajstić information content (AvgIpc) is 2.52. The van der Waals surface area contributed by atoms with Gasteiger partial charge in [-0.05, 0) is 38.5 Å². The number of halogens is 3. The summed E-state index contributed by atoms with van der Waals surface area (Å²) in [6, 6.07) is 3.13. The number of aliphatic carboxylic acids is 1. The number of carboxylic acids is 1. The Kier molecular flexibility index (Phi) is 6.77. The van der Waals surface area contributed by atoms with Crippen LogP contribution >= 0.6 is 0 Å². The van der Waals surface area contributed by atoms with Crippen molar-refractivity contribution in [2.24, 2.45) is 5.41 Å². The predicted molar refractivity (Wildman–Crippen MR) is 85.7 cm³/mol. The molecule has 0 spiro atoms. The maximum Gasteiger partial charge on any atom is 0.416 e. The van der Waals surface area contributed by atoms with Crippen LogP contribution in [0.2, 0.25) is 0 Å². The molecule has 0 atom stereocenters. The molecule has 0 unspecified atom stereocenters. The fourth-order valence-corrected chi connectivity index (χ4v) is 2.79. The van der Waals surface area contributed by atoms with Gasteiger partial charge in [0.2, 0.25) is 15.9 Å². The van der Waals surface area contributed by atoms with Gasteiger partial charge in [0, 0.05) is 6.54 Å². The van der Waals surface area contributed by atoms with Crippen molar-refractivity contribution < 1.29 is 36.3 Å². The Hall–Kier alpha value is -2.14. The number of hydrogen-bond acceptors (Lipinski definition) is 4. The van der Waals surface area contributed by atoms with Gasteiger partial charge in [0.15, 0.2) is 0 Å². The molecule has 7 nitrogen and oxygen atoms in total. The minimum atomic E-state index is -4.69. The molecule has 0 aliphatic heterocycles. The largest absolute Gasteiger partial charge is 0.481 e. The van der Waals surface area contributed by atoms with Crippen molar-refractivity contribution >= 4 is 21.9 Å². The zero-order valence-electron chi connectivity index (χ0n) is 14.1. The first-order chi connectivity index (χ1) is 11.8. The molecule has 0 radical (unpaired) electrons. The lowest BCUT2D eigenvalue weighted by molar-refractivity contribution is -0.147. The zero-order valence-corrected chi connectivity index (χ0v) is 14.9. The normalized spacial score (nSPS) is 12.7. The Morgan fingerprint density at radius 1 is 1.19 bits per heavy atom. The van der Waals surface area contributed by atoms with Crippen molar-refractivity contribution in [3.63, 3.8) is 0 Å². The van der Waals surface area contributed by atoms with E-state index in [4.69, 9.17) is 5.11 Å². The molecule has 0 bridgehead atoms. The van der Waals surface area contributed by atoms with Gasteiger partial charge in [0.05, 0.1) is 22.4 Å². The SMILES string of the molecule is CC(C)(CCNC(=O)CNS(=O)(=O)c1cccc(C(F)(F)F)c1)C(=O)O. The summed E-state index contributed by atoms with van der Waals surface area (Å²) in [4.78, 5) is 21.9. The zero-order chi connectivity index (χ0) is 20.2. The van der Waals surface area contributed by atoms with E-state index < -0.39 is 50.5 Å². The summed E-state index contributed by atoms with van der Waals surface area (Å²) in [5, 5.41) is 11.3. The molecule has 3 N–H and O–H groups in total. The van der Waals surface area contributed by atoms with Crippen LogP contribution in [0.25, 0.3) is 0 Å². The molecule has 1 aromatic rings. The summed E-state index contributed by atoms with van der Waals surface area (Å²) in [6.07, 6.45) is -4.58. The predicted octanol–water partition coefficient (Wildman–Crippen LogP) is 1.60. The third kappa shape index (κ3) is 6.30. The highest BCUT2D eigenvalue weighted by Crippen LogP contribution is 2.30. The minimum absolute atomic E-state index is 0.00339. The molecule has 1 rings (SSSR count). The van der Waals surface area contributed by atoms with Crippen LogP contribution in [0, 0.1) is 5.41 Å². The summed E-state index contributed by atoms with van der Waals surface area (Å²) in [5.41, 5.74) is -2.19. The van der Waals surface area contributed by atoms with Crippen molar-refractivity contribution in [2.75, 3.05) is 13.1 Å². The smallest absolute Gasteiger partial charge is 0.416 e. The first kappa shape index (κ1) is 21.9. The monoisotopic (exact) mass is 396 g/mol. The van der Waals surface area contributed by atoms with Crippen molar-refractivity contribution in [3.05, 3.63) is 29.8 Å². The second-order valence-electron chi connectivity index (χ2n) is 6.14. The Morgan fingerprint density at radius 2 is 1.81 bits per heavy atom. The lowest BCUT2D eigenvalue weighted by atomic mass is 9.90.